The van der Waals surface area contributed by atoms with Crippen LogP contribution in [0.2, 0.25) is 0 Å². The van der Waals surface area contributed by atoms with E-state index in [0.717, 1.165) is 0 Å². The highest BCUT2D eigenvalue weighted by Crippen LogP contribution is 2.23. The highest BCUT2D eigenvalue weighted by Gasteiger charge is 2.20. The van der Waals surface area contributed by atoms with Gasteiger partial charge in [-0.2, -0.15) is 0 Å². The molecular formula is C14H10BrF2NO. The van der Waals surface area contributed by atoms with Crippen molar-refractivity contribution in [1.82, 2.24) is 0 Å². The van der Waals surface area contributed by atoms with E-state index >= 15 is 0 Å². The molecule has 0 spiro atoms. The quantitative estimate of drug-likeness (QED) is 0.817. The summed E-state index contributed by atoms with van der Waals surface area (Å²) in [6.45, 7) is 0. The maximum Gasteiger partial charge on any atom is 0.262 e. The van der Waals surface area contributed by atoms with Crippen molar-refractivity contribution in [3.8, 4) is 0 Å². The summed E-state index contributed by atoms with van der Waals surface area (Å²) in [5, 5.41) is 0. The molecular weight excluding hydrogens is 316 g/mol. The predicted octanol–water partition coefficient (Wildman–Crippen LogP) is 4.00. The zero-order valence-electron chi connectivity index (χ0n) is 10.0. The van der Waals surface area contributed by atoms with Crippen molar-refractivity contribution >= 4 is 27.5 Å². The topological polar surface area (TPSA) is 20.3 Å². The molecule has 0 saturated heterocycles. The number of carbonyl (C=O) groups excluding carboxylic acids is 1. The van der Waals surface area contributed by atoms with Crippen LogP contribution in [-0.4, -0.2) is 13.0 Å². The van der Waals surface area contributed by atoms with E-state index < -0.39 is 17.5 Å². The van der Waals surface area contributed by atoms with Gasteiger partial charge in [-0.05, 0) is 46.3 Å². The van der Waals surface area contributed by atoms with Crippen LogP contribution in [0.1, 0.15) is 10.4 Å². The van der Waals surface area contributed by atoms with Crippen molar-refractivity contribution in [1.29, 1.82) is 0 Å². The van der Waals surface area contributed by atoms with Crippen LogP contribution in [-0.2, 0) is 0 Å². The fourth-order valence-electron chi connectivity index (χ4n) is 1.67. The number of benzene rings is 2. The third-order valence-corrected chi connectivity index (χ3v) is 3.34. The molecule has 0 fully saturated rings. The number of amides is 1. The summed E-state index contributed by atoms with van der Waals surface area (Å²) < 4.78 is 27.2. The summed E-state index contributed by atoms with van der Waals surface area (Å²) in [5.41, 5.74) is 0.286. The first-order chi connectivity index (χ1) is 9.00. The minimum atomic E-state index is -0.623. The molecule has 0 aliphatic carbocycles. The van der Waals surface area contributed by atoms with Gasteiger partial charge in [0.05, 0.1) is 5.56 Å². The third-order valence-electron chi connectivity index (χ3n) is 2.68. The highest BCUT2D eigenvalue weighted by atomic mass is 79.9. The number of anilines is 1. The second-order valence-electron chi connectivity index (χ2n) is 3.94. The Balaban J connectivity index is 2.39. The lowest BCUT2D eigenvalue weighted by atomic mass is 10.1. The maximum atomic E-state index is 13.7. The number of hydrogen-bond donors (Lipinski definition) is 0. The molecule has 0 radical (unpaired) electrons. The second kappa shape index (κ2) is 5.48. The minimum Gasteiger partial charge on any atom is -0.311 e. The predicted molar refractivity (Wildman–Crippen MR) is 73.2 cm³/mol. The largest absolute Gasteiger partial charge is 0.311 e. The lowest BCUT2D eigenvalue weighted by Crippen LogP contribution is -2.27. The summed E-state index contributed by atoms with van der Waals surface area (Å²) >= 11 is 3.14. The van der Waals surface area contributed by atoms with E-state index in [1.165, 1.54) is 42.3 Å². The van der Waals surface area contributed by atoms with Crippen molar-refractivity contribution < 1.29 is 13.6 Å². The van der Waals surface area contributed by atoms with Crippen LogP contribution in [0.25, 0.3) is 0 Å². The van der Waals surface area contributed by atoms with Gasteiger partial charge in [0, 0.05) is 17.2 Å². The molecule has 19 heavy (non-hydrogen) atoms. The molecule has 2 aromatic carbocycles. The van der Waals surface area contributed by atoms with Gasteiger partial charge in [0.1, 0.15) is 11.6 Å². The molecule has 98 valence electrons. The highest BCUT2D eigenvalue weighted by molar-refractivity contribution is 9.10. The number of rotatable bonds is 2. The number of hydrogen-bond acceptors (Lipinski definition) is 1. The lowest BCUT2D eigenvalue weighted by molar-refractivity contribution is 0.0988. The molecule has 2 aromatic rings. The molecule has 0 atom stereocenters. The Hall–Kier alpha value is -1.75. The van der Waals surface area contributed by atoms with E-state index in [1.54, 1.807) is 12.1 Å². The van der Waals surface area contributed by atoms with Gasteiger partial charge < -0.3 is 4.90 Å². The Labute approximate surface area is 117 Å². The summed E-state index contributed by atoms with van der Waals surface area (Å²) in [6, 6.07) is 9.85. The standard InChI is InChI=1S/C14H10BrF2NO/c1-18(10-5-2-4-9(16)8-10)14(19)13-11(15)6-3-7-12(13)17/h2-8H,1H3. The average molecular weight is 326 g/mol. The van der Waals surface area contributed by atoms with Crippen molar-refractivity contribution in [2.45, 2.75) is 0 Å². The van der Waals surface area contributed by atoms with Gasteiger partial charge in [-0.15, -0.1) is 0 Å². The van der Waals surface area contributed by atoms with Gasteiger partial charge in [0.2, 0.25) is 0 Å². The fourth-order valence-corrected chi connectivity index (χ4v) is 2.18. The van der Waals surface area contributed by atoms with Gasteiger partial charge >= 0.3 is 0 Å². The first-order valence-electron chi connectivity index (χ1n) is 5.48. The van der Waals surface area contributed by atoms with E-state index in [-0.39, 0.29) is 5.56 Å². The second-order valence-corrected chi connectivity index (χ2v) is 4.80. The Morgan fingerprint density at radius 3 is 2.47 bits per heavy atom. The molecule has 0 heterocycles. The fraction of sp³-hybridized carbons (Fsp3) is 0.0714. The smallest absolute Gasteiger partial charge is 0.262 e. The summed E-state index contributed by atoms with van der Waals surface area (Å²) in [6.07, 6.45) is 0. The van der Waals surface area contributed by atoms with Crippen LogP contribution in [0, 0.1) is 11.6 Å². The first-order valence-corrected chi connectivity index (χ1v) is 6.27. The zero-order chi connectivity index (χ0) is 14.0. The van der Waals surface area contributed by atoms with E-state index in [9.17, 15) is 13.6 Å². The molecule has 0 unspecified atom stereocenters. The van der Waals surface area contributed by atoms with Crippen LogP contribution in [0.5, 0.6) is 0 Å². The van der Waals surface area contributed by atoms with Crippen molar-refractivity contribution in [3.63, 3.8) is 0 Å². The van der Waals surface area contributed by atoms with E-state index in [1.807, 2.05) is 0 Å². The average Bonchev–Trinajstić information content (AvgIpc) is 2.37. The molecule has 2 rings (SSSR count). The molecule has 1 amide bonds. The zero-order valence-corrected chi connectivity index (χ0v) is 11.6. The Kier molecular flexibility index (Phi) is 3.95. The van der Waals surface area contributed by atoms with Crippen LogP contribution < -0.4 is 4.90 Å². The summed E-state index contributed by atoms with van der Waals surface area (Å²) in [4.78, 5) is 13.4. The van der Waals surface area contributed by atoms with Gasteiger partial charge in [0.25, 0.3) is 5.91 Å². The van der Waals surface area contributed by atoms with Gasteiger partial charge in [0.15, 0.2) is 0 Å². The van der Waals surface area contributed by atoms with E-state index in [2.05, 4.69) is 15.9 Å². The Morgan fingerprint density at radius 1 is 1.16 bits per heavy atom. The number of carbonyl (C=O) groups is 1. The molecule has 0 saturated carbocycles. The molecule has 0 aliphatic rings. The monoisotopic (exact) mass is 325 g/mol. The summed E-state index contributed by atoms with van der Waals surface area (Å²) in [7, 11) is 1.47. The SMILES string of the molecule is CN(C(=O)c1c(F)cccc1Br)c1cccc(F)c1. The number of nitrogens with zero attached hydrogens (tertiary/aromatic N) is 1. The molecule has 0 bridgehead atoms. The van der Waals surface area contributed by atoms with Gasteiger partial charge in [-0.3, -0.25) is 4.79 Å². The number of halogens is 3. The van der Waals surface area contributed by atoms with Crippen LogP contribution in [0.15, 0.2) is 46.9 Å². The minimum absolute atomic E-state index is 0.0748. The molecule has 0 aliphatic heterocycles. The van der Waals surface area contributed by atoms with Crippen molar-refractivity contribution in [2.24, 2.45) is 0 Å². The Morgan fingerprint density at radius 2 is 1.84 bits per heavy atom. The van der Waals surface area contributed by atoms with Crippen molar-refractivity contribution in [3.05, 3.63) is 64.1 Å². The van der Waals surface area contributed by atoms with Crippen molar-refractivity contribution in [2.75, 3.05) is 11.9 Å². The molecule has 0 N–H and O–H groups in total. The first kappa shape index (κ1) is 13.7. The molecule has 0 aromatic heterocycles. The molecule has 2 nitrogen and oxygen atoms in total. The lowest BCUT2D eigenvalue weighted by Gasteiger charge is -2.18. The van der Waals surface area contributed by atoms with Crippen LogP contribution in [0.4, 0.5) is 14.5 Å². The van der Waals surface area contributed by atoms with Gasteiger partial charge in [-0.25, -0.2) is 8.78 Å². The van der Waals surface area contributed by atoms with Crippen LogP contribution >= 0.6 is 15.9 Å². The van der Waals surface area contributed by atoms with E-state index in [4.69, 9.17) is 0 Å². The Bertz CT molecular complexity index is 610. The van der Waals surface area contributed by atoms with Crippen LogP contribution in [0.3, 0.4) is 0 Å². The van der Waals surface area contributed by atoms with Gasteiger partial charge in [-0.1, -0.05) is 12.1 Å². The normalized spacial score (nSPS) is 10.3. The van der Waals surface area contributed by atoms with E-state index in [0.29, 0.717) is 10.2 Å². The maximum absolute atomic E-state index is 13.7. The molecule has 5 heteroatoms. The summed E-state index contributed by atoms with van der Waals surface area (Å²) in [5.74, 6) is -1.62. The third kappa shape index (κ3) is 2.81.